The van der Waals surface area contributed by atoms with Gasteiger partial charge in [0.2, 0.25) is 0 Å². The minimum absolute atomic E-state index is 0.142. The van der Waals surface area contributed by atoms with Crippen LogP contribution in [-0.4, -0.2) is 19.3 Å². The molecule has 1 unspecified atom stereocenters. The van der Waals surface area contributed by atoms with Gasteiger partial charge in [0.05, 0.1) is 11.7 Å². The van der Waals surface area contributed by atoms with Gasteiger partial charge in [-0.3, -0.25) is 0 Å². The zero-order valence-corrected chi connectivity index (χ0v) is 11.9. The Morgan fingerprint density at radius 2 is 2.11 bits per heavy atom. The molecule has 1 aliphatic rings. The predicted octanol–water partition coefficient (Wildman–Crippen LogP) is 4.45. The molecule has 1 saturated heterocycles. The number of hydrogen-bond donors (Lipinski definition) is 1. The van der Waals surface area contributed by atoms with Crippen molar-refractivity contribution in [3.05, 3.63) is 28.2 Å². The van der Waals surface area contributed by atoms with Gasteiger partial charge < -0.3 is 10.1 Å². The van der Waals surface area contributed by atoms with Crippen molar-refractivity contribution in [1.29, 1.82) is 0 Å². The van der Waals surface area contributed by atoms with Crippen molar-refractivity contribution in [3.63, 3.8) is 0 Å². The van der Waals surface area contributed by atoms with Gasteiger partial charge in [0.25, 0.3) is 0 Å². The van der Waals surface area contributed by atoms with E-state index in [0.717, 1.165) is 38.0 Å². The highest BCUT2D eigenvalue weighted by atomic mass is 79.9. The van der Waals surface area contributed by atoms with E-state index in [-0.39, 0.29) is 6.10 Å². The summed E-state index contributed by atoms with van der Waals surface area (Å²) in [6.07, 6.45) is -0.956. The van der Waals surface area contributed by atoms with Crippen LogP contribution < -0.4 is 5.32 Å². The highest BCUT2D eigenvalue weighted by Gasteiger charge is 2.30. The first-order valence-corrected chi connectivity index (χ1v) is 6.98. The number of nitrogens with one attached hydrogen (secondary N) is 1. The molecule has 2 nitrogen and oxygen atoms in total. The summed E-state index contributed by atoms with van der Waals surface area (Å²) in [7, 11) is 0. The highest BCUT2D eigenvalue weighted by molar-refractivity contribution is 9.10. The van der Waals surface area contributed by atoms with Crippen LogP contribution in [0.1, 0.15) is 24.8 Å². The molecule has 0 spiro atoms. The maximum Gasteiger partial charge on any atom is 0.416 e. The normalized spacial score (nSPS) is 20.3. The van der Waals surface area contributed by atoms with Crippen LogP contribution in [0.5, 0.6) is 0 Å². The van der Waals surface area contributed by atoms with E-state index in [1.54, 1.807) is 0 Å². The van der Waals surface area contributed by atoms with Crippen molar-refractivity contribution in [3.8, 4) is 0 Å². The molecule has 6 heteroatoms. The fourth-order valence-corrected chi connectivity index (χ4v) is 2.55. The number of benzene rings is 1. The van der Waals surface area contributed by atoms with E-state index in [9.17, 15) is 13.2 Å². The molecule has 19 heavy (non-hydrogen) atoms. The van der Waals surface area contributed by atoms with E-state index in [1.807, 2.05) is 0 Å². The molecule has 0 bridgehead atoms. The van der Waals surface area contributed by atoms with Crippen molar-refractivity contribution in [1.82, 2.24) is 0 Å². The Kier molecular flexibility index (Phi) is 4.73. The maximum atomic E-state index is 12.5. The van der Waals surface area contributed by atoms with E-state index < -0.39 is 11.7 Å². The lowest BCUT2D eigenvalue weighted by Gasteiger charge is -2.23. The average molecular weight is 338 g/mol. The molecule has 1 aromatic rings. The number of hydrogen-bond acceptors (Lipinski definition) is 2. The summed E-state index contributed by atoms with van der Waals surface area (Å²) in [5.41, 5.74) is 0.000940. The fourth-order valence-electron chi connectivity index (χ4n) is 2.03. The zero-order chi connectivity index (χ0) is 13.9. The highest BCUT2D eigenvalue weighted by Crippen LogP contribution is 2.34. The second kappa shape index (κ2) is 6.13. The smallest absolute Gasteiger partial charge is 0.382 e. The first kappa shape index (κ1) is 14.7. The van der Waals surface area contributed by atoms with Crippen molar-refractivity contribution < 1.29 is 17.9 Å². The first-order chi connectivity index (χ1) is 8.97. The van der Waals surface area contributed by atoms with Gasteiger partial charge in [0.1, 0.15) is 0 Å². The summed E-state index contributed by atoms with van der Waals surface area (Å²) < 4.78 is 43.5. The summed E-state index contributed by atoms with van der Waals surface area (Å²) in [6.45, 7) is 1.38. The van der Waals surface area contributed by atoms with E-state index in [4.69, 9.17) is 4.74 Å². The van der Waals surface area contributed by atoms with Crippen molar-refractivity contribution in [2.45, 2.75) is 31.5 Å². The molecule has 1 heterocycles. The van der Waals surface area contributed by atoms with Crippen LogP contribution in [0.25, 0.3) is 0 Å². The van der Waals surface area contributed by atoms with Gasteiger partial charge in [0.15, 0.2) is 0 Å². The van der Waals surface area contributed by atoms with Gasteiger partial charge in [-0.25, -0.2) is 0 Å². The van der Waals surface area contributed by atoms with Crippen molar-refractivity contribution in [2.75, 3.05) is 18.5 Å². The molecule has 0 amide bonds. The lowest BCUT2D eigenvalue weighted by molar-refractivity contribution is -0.137. The topological polar surface area (TPSA) is 21.3 Å². The molecule has 1 fully saturated rings. The van der Waals surface area contributed by atoms with E-state index in [1.165, 1.54) is 6.07 Å². The molecule has 1 atom stereocenters. The Morgan fingerprint density at radius 3 is 2.68 bits per heavy atom. The Morgan fingerprint density at radius 1 is 1.32 bits per heavy atom. The van der Waals surface area contributed by atoms with Gasteiger partial charge in [-0.05, 0) is 53.4 Å². The molecule has 0 aromatic heterocycles. The van der Waals surface area contributed by atoms with Crippen LogP contribution in [-0.2, 0) is 10.9 Å². The molecule has 0 radical (unpaired) electrons. The molecule has 1 aromatic carbocycles. The largest absolute Gasteiger partial charge is 0.416 e. The number of halogens is 4. The molecule has 0 aliphatic carbocycles. The summed E-state index contributed by atoms with van der Waals surface area (Å²) in [6, 6.07) is 3.61. The molecular formula is C13H15BrF3NO. The lowest BCUT2D eigenvalue weighted by Crippen LogP contribution is -2.27. The molecule has 2 rings (SSSR count). The SMILES string of the molecule is FC(F)(F)c1ccc(NCC2CCCCO2)c(Br)c1. The summed E-state index contributed by atoms with van der Waals surface area (Å²) >= 11 is 3.16. The van der Waals surface area contributed by atoms with Crippen LogP contribution in [0.2, 0.25) is 0 Å². The second-order valence-corrected chi connectivity index (χ2v) is 5.42. The van der Waals surface area contributed by atoms with Crippen LogP contribution in [0.3, 0.4) is 0 Å². The van der Waals surface area contributed by atoms with Gasteiger partial charge in [-0.2, -0.15) is 13.2 Å². The second-order valence-electron chi connectivity index (χ2n) is 4.56. The van der Waals surface area contributed by atoms with Crippen LogP contribution in [0.15, 0.2) is 22.7 Å². The Labute approximate surface area is 118 Å². The number of ether oxygens (including phenoxy) is 1. The van der Waals surface area contributed by atoms with Gasteiger partial charge in [-0.1, -0.05) is 0 Å². The summed E-state index contributed by atoms with van der Waals surface area (Å²) in [4.78, 5) is 0. The summed E-state index contributed by atoms with van der Waals surface area (Å²) in [5.74, 6) is 0. The standard InChI is InChI=1S/C13H15BrF3NO/c14-11-7-9(13(15,16)17)4-5-12(11)18-8-10-3-1-2-6-19-10/h4-5,7,10,18H,1-3,6,8H2. The van der Waals surface area contributed by atoms with Crippen LogP contribution in [0, 0.1) is 0 Å². The van der Waals surface area contributed by atoms with Crippen molar-refractivity contribution >= 4 is 21.6 Å². The Balaban J connectivity index is 1.97. The van der Waals surface area contributed by atoms with Gasteiger partial charge >= 0.3 is 6.18 Å². The zero-order valence-electron chi connectivity index (χ0n) is 10.3. The Bertz CT molecular complexity index is 430. The molecular weight excluding hydrogens is 323 g/mol. The number of anilines is 1. The average Bonchev–Trinajstić information content (AvgIpc) is 2.37. The predicted molar refractivity (Wildman–Crippen MR) is 71.2 cm³/mol. The minimum Gasteiger partial charge on any atom is -0.382 e. The third kappa shape index (κ3) is 4.11. The fraction of sp³-hybridized carbons (Fsp3) is 0.538. The quantitative estimate of drug-likeness (QED) is 0.879. The third-order valence-corrected chi connectivity index (χ3v) is 3.75. The van der Waals surface area contributed by atoms with E-state index in [0.29, 0.717) is 16.7 Å². The monoisotopic (exact) mass is 337 g/mol. The van der Waals surface area contributed by atoms with Gasteiger partial charge in [-0.15, -0.1) is 0 Å². The minimum atomic E-state index is -4.31. The van der Waals surface area contributed by atoms with Crippen molar-refractivity contribution in [2.24, 2.45) is 0 Å². The van der Waals surface area contributed by atoms with Crippen LogP contribution in [0.4, 0.5) is 18.9 Å². The first-order valence-electron chi connectivity index (χ1n) is 6.19. The van der Waals surface area contributed by atoms with Gasteiger partial charge in [0, 0.05) is 23.3 Å². The van der Waals surface area contributed by atoms with Crippen LogP contribution >= 0.6 is 15.9 Å². The van der Waals surface area contributed by atoms with E-state index >= 15 is 0 Å². The molecule has 106 valence electrons. The number of rotatable bonds is 3. The third-order valence-electron chi connectivity index (χ3n) is 3.09. The summed E-state index contributed by atoms with van der Waals surface area (Å²) in [5, 5.41) is 3.12. The number of alkyl halides is 3. The molecule has 1 aliphatic heterocycles. The molecule has 0 saturated carbocycles. The molecule has 1 N–H and O–H groups in total. The Hall–Kier alpha value is -0.750. The maximum absolute atomic E-state index is 12.5. The lowest BCUT2D eigenvalue weighted by atomic mass is 10.1. The van der Waals surface area contributed by atoms with E-state index in [2.05, 4.69) is 21.2 Å².